The van der Waals surface area contributed by atoms with E-state index in [4.69, 9.17) is 4.74 Å². The van der Waals surface area contributed by atoms with Crippen LogP contribution in [0.25, 0.3) is 0 Å². The van der Waals surface area contributed by atoms with Crippen LogP contribution in [0.3, 0.4) is 0 Å². The number of carbonyl (C=O) groups excluding carboxylic acids is 1. The van der Waals surface area contributed by atoms with E-state index in [9.17, 15) is 4.79 Å². The van der Waals surface area contributed by atoms with Gasteiger partial charge in [0.15, 0.2) is 6.10 Å². The van der Waals surface area contributed by atoms with Crippen molar-refractivity contribution in [2.45, 2.75) is 52.1 Å². The van der Waals surface area contributed by atoms with Crippen LogP contribution < -0.4 is 10.1 Å². The first-order chi connectivity index (χ1) is 11.8. The monoisotopic (exact) mass is 380 g/mol. The summed E-state index contributed by atoms with van der Waals surface area (Å²) in [6, 6.07) is 8.13. The van der Waals surface area contributed by atoms with Crippen LogP contribution in [-0.4, -0.2) is 43.1 Å². The zero-order valence-electron chi connectivity index (χ0n) is 16.5. The van der Waals surface area contributed by atoms with E-state index in [1.165, 1.54) is 5.56 Å². The minimum Gasteiger partial charge on any atom is -0.481 e. The molecule has 0 saturated carbocycles. The van der Waals surface area contributed by atoms with Gasteiger partial charge < -0.3 is 15.0 Å². The van der Waals surface area contributed by atoms with Gasteiger partial charge in [-0.3, -0.25) is 4.79 Å². The van der Waals surface area contributed by atoms with Gasteiger partial charge in [0.25, 0.3) is 5.91 Å². The Bertz CT molecular complexity index is 583. The molecule has 0 aromatic heterocycles. The Labute approximate surface area is 164 Å². The van der Waals surface area contributed by atoms with Gasteiger partial charge in [0.2, 0.25) is 0 Å². The number of nitrogens with zero attached hydrogens (tertiary/aromatic N) is 1. The van der Waals surface area contributed by atoms with Crippen molar-refractivity contribution in [3.63, 3.8) is 0 Å². The van der Waals surface area contributed by atoms with Gasteiger partial charge in [-0.05, 0) is 67.8 Å². The normalized spacial score (nSPS) is 24.2. The number of carbonyl (C=O) groups is 1. The highest BCUT2D eigenvalue weighted by Gasteiger charge is 2.32. The number of hydrogen-bond donors (Lipinski definition) is 1. The minimum absolute atomic E-state index is 0. The van der Waals surface area contributed by atoms with E-state index in [0.29, 0.717) is 0 Å². The Morgan fingerprint density at radius 2 is 1.65 bits per heavy atom. The van der Waals surface area contributed by atoms with Gasteiger partial charge in [-0.2, -0.15) is 0 Å². The fourth-order valence-corrected chi connectivity index (χ4v) is 3.98. The number of fused-ring (bicyclic) bond motifs is 1. The second kappa shape index (κ2) is 8.62. The van der Waals surface area contributed by atoms with Crippen molar-refractivity contribution in [1.29, 1.82) is 0 Å². The lowest BCUT2D eigenvalue weighted by Crippen LogP contribution is -2.41. The summed E-state index contributed by atoms with van der Waals surface area (Å²) in [6.45, 7) is 12.4. The molecule has 1 amide bonds. The maximum Gasteiger partial charge on any atom is 0.263 e. The van der Waals surface area contributed by atoms with Crippen LogP contribution in [0.2, 0.25) is 0 Å². The van der Waals surface area contributed by atoms with Crippen LogP contribution in [0.15, 0.2) is 24.3 Å². The summed E-state index contributed by atoms with van der Waals surface area (Å²) in [6.07, 6.45) is 1.78. The van der Waals surface area contributed by atoms with Crippen LogP contribution in [0, 0.1) is 11.8 Å². The van der Waals surface area contributed by atoms with Gasteiger partial charge in [0.1, 0.15) is 5.75 Å². The minimum atomic E-state index is -0.434. The average Bonchev–Trinajstić information content (AvgIpc) is 2.92. The zero-order chi connectivity index (χ0) is 18.0. The smallest absolute Gasteiger partial charge is 0.263 e. The third-order valence-corrected chi connectivity index (χ3v) is 5.71. The van der Waals surface area contributed by atoms with Crippen LogP contribution in [0.4, 0.5) is 0 Å². The molecule has 1 N–H and O–H groups in total. The van der Waals surface area contributed by atoms with Crippen molar-refractivity contribution >= 4 is 18.3 Å². The van der Waals surface area contributed by atoms with Crippen LogP contribution >= 0.6 is 12.4 Å². The molecule has 3 atom stereocenters. The molecule has 1 unspecified atom stereocenters. The van der Waals surface area contributed by atoms with Crippen LogP contribution in [-0.2, 0) is 10.2 Å². The highest BCUT2D eigenvalue weighted by Crippen LogP contribution is 2.28. The van der Waals surface area contributed by atoms with E-state index in [1.54, 1.807) is 0 Å². The second-order valence-corrected chi connectivity index (χ2v) is 8.62. The van der Waals surface area contributed by atoms with E-state index >= 15 is 0 Å². The second-order valence-electron chi connectivity index (χ2n) is 8.62. The number of nitrogens with one attached hydrogen (secondary N) is 1. The molecule has 3 rings (SSSR count). The molecule has 5 heteroatoms. The lowest BCUT2D eigenvalue weighted by Gasteiger charge is -2.25. The lowest BCUT2D eigenvalue weighted by molar-refractivity contribution is -0.137. The third-order valence-electron chi connectivity index (χ3n) is 5.71. The molecular weight excluding hydrogens is 348 g/mol. The molecule has 1 aromatic carbocycles. The Morgan fingerprint density at radius 1 is 1.12 bits per heavy atom. The van der Waals surface area contributed by atoms with E-state index < -0.39 is 6.10 Å². The number of likely N-dealkylation sites (tertiary alicyclic amines) is 1. The summed E-state index contributed by atoms with van der Waals surface area (Å²) in [5.74, 6) is 2.36. The fraction of sp³-hybridized carbons (Fsp3) is 0.667. The summed E-state index contributed by atoms with van der Waals surface area (Å²) in [5.41, 5.74) is 1.39. The quantitative estimate of drug-likeness (QED) is 0.870. The Hall–Kier alpha value is -1.26. The van der Waals surface area contributed by atoms with Crippen molar-refractivity contribution in [3.05, 3.63) is 29.8 Å². The van der Waals surface area contributed by atoms with Gasteiger partial charge in [0, 0.05) is 13.1 Å². The number of halogens is 1. The average molecular weight is 381 g/mol. The van der Waals surface area contributed by atoms with Gasteiger partial charge in [-0.15, -0.1) is 12.4 Å². The summed E-state index contributed by atoms with van der Waals surface area (Å²) in [5, 5.41) is 3.48. The molecule has 4 nitrogen and oxygen atoms in total. The Morgan fingerprint density at radius 3 is 2.15 bits per heavy atom. The summed E-state index contributed by atoms with van der Waals surface area (Å²) < 4.78 is 5.93. The first-order valence-corrected chi connectivity index (χ1v) is 9.61. The summed E-state index contributed by atoms with van der Waals surface area (Å²) >= 11 is 0. The molecule has 0 radical (unpaired) electrons. The molecule has 2 fully saturated rings. The highest BCUT2D eigenvalue weighted by atomic mass is 35.5. The number of amides is 1. The molecule has 0 aliphatic carbocycles. The Kier molecular flexibility index (Phi) is 6.98. The van der Waals surface area contributed by atoms with E-state index in [1.807, 2.05) is 24.0 Å². The molecule has 0 bridgehead atoms. The molecule has 146 valence electrons. The van der Waals surface area contributed by atoms with Crippen molar-refractivity contribution < 1.29 is 9.53 Å². The molecule has 2 heterocycles. The predicted molar refractivity (Wildman–Crippen MR) is 108 cm³/mol. The number of hydrogen-bond acceptors (Lipinski definition) is 3. The lowest BCUT2D eigenvalue weighted by atomic mass is 9.87. The van der Waals surface area contributed by atoms with E-state index in [2.05, 4.69) is 38.2 Å². The van der Waals surface area contributed by atoms with Gasteiger partial charge in [-0.25, -0.2) is 0 Å². The molecular formula is C21H33ClN2O2. The van der Waals surface area contributed by atoms with Crippen molar-refractivity contribution in [2.75, 3.05) is 26.2 Å². The number of rotatable bonds is 3. The maximum atomic E-state index is 12.8. The number of ether oxygens (including phenoxy) is 1. The molecule has 2 aliphatic rings. The molecule has 2 saturated heterocycles. The molecule has 2 aliphatic heterocycles. The van der Waals surface area contributed by atoms with Crippen LogP contribution in [0.1, 0.15) is 46.1 Å². The van der Waals surface area contributed by atoms with Crippen LogP contribution in [0.5, 0.6) is 5.75 Å². The van der Waals surface area contributed by atoms with Gasteiger partial charge in [-0.1, -0.05) is 32.9 Å². The molecule has 0 spiro atoms. The van der Waals surface area contributed by atoms with Crippen molar-refractivity contribution in [3.8, 4) is 5.75 Å². The number of benzene rings is 1. The third kappa shape index (κ3) is 4.92. The van der Waals surface area contributed by atoms with E-state index in [0.717, 1.165) is 56.6 Å². The SMILES string of the molecule is CC(Oc1ccc(C(C)(C)C)cc1)C(=O)N1CC[C@@H]2CNC[C@@H]2CC1.Cl. The zero-order valence-corrected chi connectivity index (χ0v) is 17.3. The summed E-state index contributed by atoms with van der Waals surface area (Å²) in [4.78, 5) is 14.8. The van der Waals surface area contributed by atoms with E-state index in [-0.39, 0.29) is 23.7 Å². The Balaban J connectivity index is 0.00000243. The molecule has 1 aromatic rings. The first kappa shape index (κ1) is 21.0. The summed E-state index contributed by atoms with van der Waals surface area (Å²) in [7, 11) is 0. The largest absolute Gasteiger partial charge is 0.481 e. The fourth-order valence-electron chi connectivity index (χ4n) is 3.98. The highest BCUT2D eigenvalue weighted by molar-refractivity contribution is 5.85. The van der Waals surface area contributed by atoms with Crippen molar-refractivity contribution in [1.82, 2.24) is 10.2 Å². The first-order valence-electron chi connectivity index (χ1n) is 9.61. The van der Waals surface area contributed by atoms with Crippen molar-refractivity contribution in [2.24, 2.45) is 11.8 Å². The van der Waals surface area contributed by atoms with Gasteiger partial charge in [0.05, 0.1) is 0 Å². The standard InChI is InChI=1S/C21H32N2O2.ClH/c1-15(25-19-7-5-18(6-8-19)21(2,3)4)20(24)23-11-9-16-13-22-14-17(16)10-12-23;/h5-8,15-17,22H,9-14H2,1-4H3;1H/t15?,16-,17+;. The predicted octanol–water partition coefficient (Wildman–Crippen LogP) is 3.63. The maximum absolute atomic E-state index is 12.8. The molecule has 26 heavy (non-hydrogen) atoms. The van der Waals surface area contributed by atoms with Gasteiger partial charge >= 0.3 is 0 Å². The topological polar surface area (TPSA) is 41.6 Å².